The van der Waals surface area contributed by atoms with Gasteiger partial charge in [-0.3, -0.25) is 0 Å². The fourth-order valence-corrected chi connectivity index (χ4v) is 10.2. The van der Waals surface area contributed by atoms with Crippen LogP contribution in [0.1, 0.15) is 16.7 Å². The van der Waals surface area contributed by atoms with Crippen LogP contribution in [0.5, 0.6) is 0 Å². The van der Waals surface area contributed by atoms with E-state index in [-0.39, 0.29) is 0 Å². The minimum Gasteiger partial charge on any atom is -0.311 e. The van der Waals surface area contributed by atoms with E-state index in [1.807, 2.05) is 0 Å². The first-order valence-electron chi connectivity index (χ1n) is 14.1. The third-order valence-electron chi connectivity index (χ3n) is 8.10. The van der Waals surface area contributed by atoms with E-state index >= 15 is 0 Å². The zero-order chi connectivity index (χ0) is 27.6. The number of hydrogen-bond acceptors (Lipinski definition) is 1. The first-order valence-corrected chi connectivity index (χ1v) is 16.3. The zero-order valence-corrected chi connectivity index (χ0v) is 24.0. The van der Waals surface area contributed by atoms with Gasteiger partial charge in [0.05, 0.1) is 6.66 Å². The first-order chi connectivity index (χ1) is 20.2. The Kier molecular flexibility index (Phi) is 6.59. The van der Waals surface area contributed by atoms with Crippen LogP contribution in [0.3, 0.4) is 0 Å². The minimum absolute atomic E-state index is 1.14. The maximum Gasteiger partial charge on any atom is 0.120 e. The zero-order valence-electron chi connectivity index (χ0n) is 23.1. The molecule has 0 aliphatic carbocycles. The lowest BCUT2D eigenvalue weighted by molar-refractivity contribution is 1.28. The van der Waals surface area contributed by atoms with Crippen molar-refractivity contribution in [1.82, 2.24) is 0 Å². The van der Waals surface area contributed by atoms with E-state index in [9.17, 15) is 0 Å². The molecule has 0 saturated carbocycles. The van der Waals surface area contributed by atoms with Crippen molar-refractivity contribution in [2.75, 3.05) is 11.6 Å². The Morgan fingerprint density at radius 1 is 0.415 bits per heavy atom. The fraction of sp³-hybridized carbons (Fsp3) is 0.0256. The maximum atomic E-state index is 2.50. The van der Waals surface area contributed by atoms with Crippen LogP contribution in [-0.4, -0.2) is 6.66 Å². The maximum absolute atomic E-state index is 2.50. The van der Waals surface area contributed by atoms with E-state index in [0.717, 1.165) is 17.1 Å². The van der Waals surface area contributed by atoms with Gasteiger partial charge in [0, 0.05) is 33.8 Å². The standard InChI is InChI=1S/C39H31NP/c1-41(35-22-12-5-13-23-35)37-25-15-14-24-36(37)38(30-16-6-2-7-17-30)39(41)31-26-28-34(29-27-31)40(32-18-8-3-9-19-32)33-20-10-4-11-21-33/h2-29H,1H3/q+1. The van der Waals surface area contributed by atoms with E-state index in [0.29, 0.717) is 0 Å². The van der Waals surface area contributed by atoms with Crippen molar-refractivity contribution in [1.29, 1.82) is 0 Å². The van der Waals surface area contributed by atoms with Crippen LogP contribution in [0, 0.1) is 0 Å². The molecule has 6 aromatic carbocycles. The van der Waals surface area contributed by atoms with E-state index < -0.39 is 7.26 Å². The van der Waals surface area contributed by atoms with Crippen molar-refractivity contribution in [3.8, 4) is 0 Å². The van der Waals surface area contributed by atoms with Crippen LogP contribution < -0.4 is 15.5 Å². The highest BCUT2D eigenvalue weighted by Gasteiger charge is 2.51. The van der Waals surface area contributed by atoms with Crippen LogP contribution in [0.2, 0.25) is 0 Å². The summed E-state index contributed by atoms with van der Waals surface area (Å²) in [7, 11) is -1.90. The third kappa shape index (κ3) is 4.40. The SMILES string of the molecule is C[P+]1(c2ccccc2)C(c2ccc(N(c3ccccc3)c3ccccc3)cc2)=C(c2ccccc2)c2ccccc21. The molecule has 0 N–H and O–H groups in total. The molecule has 1 aliphatic rings. The lowest BCUT2D eigenvalue weighted by Gasteiger charge is -2.26. The summed E-state index contributed by atoms with van der Waals surface area (Å²) in [5, 5.41) is 4.32. The summed E-state index contributed by atoms with van der Waals surface area (Å²) < 4.78 is 0. The molecule has 2 heteroatoms. The van der Waals surface area contributed by atoms with Crippen molar-refractivity contribution in [2.45, 2.75) is 0 Å². The molecule has 1 heterocycles. The molecule has 0 fully saturated rings. The molecule has 41 heavy (non-hydrogen) atoms. The van der Waals surface area contributed by atoms with E-state index in [4.69, 9.17) is 0 Å². The van der Waals surface area contributed by atoms with Crippen LogP contribution in [-0.2, 0) is 0 Å². The Morgan fingerprint density at radius 3 is 1.46 bits per heavy atom. The molecule has 6 aromatic rings. The predicted molar refractivity (Wildman–Crippen MR) is 178 cm³/mol. The summed E-state index contributed by atoms with van der Waals surface area (Å²) in [6.07, 6.45) is 0. The van der Waals surface area contributed by atoms with Crippen molar-refractivity contribution < 1.29 is 0 Å². The Morgan fingerprint density at radius 2 is 0.878 bits per heavy atom. The van der Waals surface area contributed by atoms with Gasteiger partial charge >= 0.3 is 0 Å². The summed E-state index contributed by atoms with van der Waals surface area (Å²) in [6, 6.07) is 61.5. The number of anilines is 3. The highest BCUT2D eigenvalue weighted by Crippen LogP contribution is 2.71. The molecular formula is C39H31NP+. The average molecular weight is 545 g/mol. The quantitative estimate of drug-likeness (QED) is 0.189. The molecule has 1 aliphatic heterocycles. The second kappa shape index (κ2) is 10.7. The number of fused-ring (bicyclic) bond motifs is 1. The lowest BCUT2D eigenvalue weighted by Crippen LogP contribution is -2.20. The smallest absolute Gasteiger partial charge is 0.120 e. The number of rotatable bonds is 6. The third-order valence-corrected chi connectivity index (χ3v) is 12.2. The van der Waals surface area contributed by atoms with E-state index in [2.05, 4.69) is 181 Å². The predicted octanol–water partition coefficient (Wildman–Crippen LogP) is 9.68. The Balaban J connectivity index is 1.44. The van der Waals surface area contributed by atoms with Crippen molar-refractivity contribution in [3.63, 3.8) is 0 Å². The van der Waals surface area contributed by atoms with Gasteiger partial charge in [0.1, 0.15) is 23.2 Å². The topological polar surface area (TPSA) is 3.24 Å². The largest absolute Gasteiger partial charge is 0.311 e. The van der Waals surface area contributed by atoms with Gasteiger partial charge in [0.2, 0.25) is 0 Å². The summed E-state index contributed by atoms with van der Waals surface area (Å²) in [5.74, 6) is 0. The second-order valence-corrected chi connectivity index (χ2v) is 14.0. The Hall–Kier alpha value is -4.71. The summed E-state index contributed by atoms with van der Waals surface area (Å²) in [4.78, 5) is 2.32. The molecule has 0 aromatic heterocycles. The van der Waals surface area contributed by atoms with Gasteiger partial charge in [-0.2, -0.15) is 0 Å². The van der Waals surface area contributed by atoms with Gasteiger partial charge in [-0.15, -0.1) is 0 Å². The Labute approximate surface area is 243 Å². The van der Waals surface area contributed by atoms with Crippen LogP contribution in [0.25, 0.3) is 10.9 Å². The van der Waals surface area contributed by atoms with Gasteiger partial charge < -0.3 is 4.90 Å². The Bertz CT molecular complexity index is 1770. The van der Waals surface area contributed by atoms with Crippen molar-refractivity contribution >= 4 is 45.8 Å². The van der Waals surface area contributed by atoms with Crippen LogP contribution in [0.15, 0.2) is 170 Å². The van der Waals surface area contributed by atoms with Crippen LogP contribution in [0.4, 0.5) is 17.1 Å². The number of nitrogens with zero attached hydrogens (tertiary/aromatic N) is 1. The molecule has 0 radical (unpaired) electrons. The highest BCUT2D eigenvalue weighted by atomic mass is 31.2. The number of benzene rings is 6. The second-order valence-electron chi connectivity index (χ2n) is 10.5. The van der Waals surface area contributed by atoms with Gasteiger partial charge in [-0.1, -0.05) is 103 Å². The monoisotopic (exact) mass is 544 g/mol. The van der Waals surface area contributed by atoms with Crippen molar-refractivity contribution in [2.24, 2.45) is 0 Å². The van der Waals surface area contributed by atoms with Crippen molar-refractivity contribution in [3.05, 3.63) is 187 Å². The van der Waals surface area contributed by atoms with Gasteiger partial charge in [0.15, 0.2) is 0 Å². The minimum atomic E-state index is -1.90. The van der Waals surface area contributed by atoms with Gasteiger partial charge in [0.25, 0.3) is 0 Å². The molecule has 0 spiro atoms. The molecular weight excluding hydrogens is 513 g/mol. The number of para-hydroxylation sites is 2. The first kappa shape index (κ1) is 25.3. The average Bonchev–Trinajstić information content (AvgIpc) is 3.33. The van der Waals surface area contributed by atoms with E-state index in [1.54, 1.807) is 0 Å². The summed E-state index contributed by atoms with van der Waals surface area (Å²) in [6.45, 7) is 2.50. The molecule has 0 amide bonds. The summed E-state index contributed by atoms with van der Waals surface area (Å²) >= 11 is 0. The lowest BCUT2D eigenvalue weighted by atomic mass is 9.95. The number of hydrogen-bond donors (Lipinski definition) is 0. The van der Waals surface area contributed by atoms with Gasteiger partial charge in [-0.25, -0.2) is 0 Å². The normalized spacial score (nSPS) is 15.9. The molecule has 196 valence electrons. The molecule has 1 nitrogen and oxygen atoms in total. The highest BCUT2D eigenvalue weighted by molar-refractivity contribution is 7.98. The molecule has 1 atom stereocenters. The molecule has 1 unspecified atom stereocenters. The summed E-state index contributed by atoms with van der Waals surface area (Å²) in [5.41, 5.74) is 8.70. The fourth-order valence-electron chi connectivity index (χ4n) is 6.21. The molecule has 7 rings (SSSR count). The van der Waals surface area contributed by atoms with E-state index in [1.165, 1.54) is 38.2 Å². The van der Waals surface area contributed by atoms with Gasteiger partial charge in [-0.05, 0) is 72.3 Å². The molecule has 0 saturated heterocycles. The molecule has 0 bridgehead atoms. The van der Waals surface area contributed by atoms with Crippen LogP contribution >= 0.6 is 7.26 Å².